The highest BCUT2D eigenvalue weighted by molar-refractivity contribution is 7.89. The SMILES string of the molecule is CNc1nc(C2CCCN(C)C2)nc2c1CCN(S(=O)(=O)c1ccc(F)cc1)C2. The molecule has 1 fully saturated rings. The molecule has 1 saturated heterocycles. The highest BCUT2D eigenvalue weighted by Gasteiger charge is 2.32. The van der Waals surface area contributed by atoms with Crippen molar-refractivity contribution in [2.24, 2.45) is 0 Å². The maximum atomic E-state index is 13.2. The lowest BCUT2D eigenvalue weighted by atomic mass is 9.96. The van der Waals surface area contributed by atoms with E-state index < -0.39 is 15.8 Å². The highest BCUT2D eigenvalue weighted by Crippen LogP contribution is 2.31. The summed E-state index contributed by atoms with van der Waals surface area (Å²) < 4.78 is 40.7. The number of sulfonamides is 1. The number of hydrogen-bond acceptors (Lipinski definition) is 6. The molecule has 3 heterocycles. The van der Waals surface area contributed by atoms with E-state index >= 15 is 0 Å². The van der Waals surface area contributed by atoms with Gasteiger partial charge < -0.3 is 10.2 Å². The second-order valence-electron chi connectivity index (χ2n) is 7.75. The van der Waals surface area contributed by atoms with Crippen LogP contribution >= 0.6 is 0 Å². The largest absolute Gasteiger partial charge is 0.373 e. The first-order valence-electron chi connectivity index (χ1n) is 9.90. The van der Waals surface area contributed by atoms with Crippen molar-refractivity contribution in [1.82, 2.24) is 19.2 Å². The van der Waals surface area contributed by atoms with Crippen LogP contribution in [0, 0.1) is 5.82 Å². The summed E-state index contributed by atoms with van der Waals surface area (Å²) in [5.74, 6) is 1.36. The van der Waals surface area contributed by atoms with Gasteiger partial charge in [0, 0.05) is 31.6 Å². The van der Waals surface area contributed by atoms with Gasteiger partial charge in [0.25, 0.3) is 0 Å². The molecule has 1 aromatic heterocycles. The molecule has 9 heteroatoms. The van der Waals surface area contributed by atoms with Crippen LogP contribution in [0.15, 0.2) is 29.2 Å². The Morgan fingerprint density at radius 3 is 2.62 bits per heavy atom. The first-order chi connectivity index (χ1) is 13.9. The van der Waals surface area contributed by atoms with Gasteiger partial charge in [-0.25, -0.2) is 22.8 Å². The second kappa shape index (κ2) is 7.97. The Hall–Kier alpha value is -2.10. The third kappa shape index (κ3) is 3.99. The molecule has 0 radical (unpaired) electrons. The molecular formula is C20H26FN5O2S. The third-order valence-electron chi connectivity index (χ3n) is 5.73. The van der Waals surface area contributed by atoms with Crippen molar-refractivity contribution in [1.29, 1.82) is 0 Å². The molecule has 2 aliphatic heterocycles. The molecule has 0 saturated carbocycles. The van der Waals surface area contributed by atoms with Crippen LogP contribution in [0.25, 0.3) is 0 Å². The van der Waals surface area contributed by atoms with Crippen molar-refractivity contribution < 1.29 is 12.8 Å². The van der Waals surface area contributed by atoms with Gasteiger partial charge in [-0.1, -0.05) is 0 Å². The van der Waals surface area contributed by atoms with Gasteiger partial charge in [-0.05, 0) is 57.1 Å². The minimum Gasteiger partial charge on any atom is -0.373 e. The zero-order chi connectivity index (χ0) is 20.6. The molecule has 1 unspecified atom stereocenters. The number of nitrogens with zero attached hydrogens (tertiary/aromatic N) is 4. The molecule has 1 aromatic carbocycles. The Kier molecular flexibility index (Phi) is 5.54. The first-order valence-corrected chi connectivity index (χ1v) is 11.3. The quantitative estimate of drug-likeness (QED) is 0.819. The summed E-state index contributed by atoms with van der Waals surface area (Å²) in [5.41, 5.74) is 1.73. The number of nitrogens with one attached hydrogen (secondary N) is 1. The van der Waals surface area contributed by atoms with E-state index in [4.69, 9.17) is 9.97 Å². The van der Waals surface area contributed by atoms with Gasteiger partial charge >= 0.3 is 0 Å². The van der Waals surface area contributed by atoms with Crippen molar-refractivity contribution in [3.63, 3.8) is 0 Å². The summed E-state index contributed by atoms with van der Waals surface area (Å²) in [6.07, 6.45) is 2.67. The normalized spacial score (nSPS) is 21.0. The zero-order valence-electron chi connectivity index (χ0n) is 16.7. The maximum Gasteiger partial charge on any atom is 0.243 e. The van der Waals surface area contributed by atoms with Crippen molar-refractivity contribution in [3.8, 4) is 0 Å². The van der Waals surface area contributed by atoms with Gasteiger partial charge in [0.2, 0.25) is 10.0 Å². The molecule has 2 aliphatic rings. The van der Waals surface area contributed by atoms with Crippen LogP contribution in [-0.2, 0) is 23.0 Å². The van der Waals surface area contributed by atoms with Gasteiger partial charge in [0.15, 0.2) is 0 Å². The van der Waals surface area contributed by atoms with Crippen molar-refractivity contribution in [3.05, 3.63) is 47.2 Å². The predicted octanol–water partition coefficient (Wildman–Crippen LogP) is 2.21. The molecule has 1 atom stereocenters. The van der Waals surface area contributed by atoms with E-state index in [0.29, 0.717) is 13.0 Å². The lowest BCUT2D eigenvalue weighted by Crippen LogP contribution is -2.37. The summed E-state index contributed by atoms with van der Waals surface area (Å²) in [7, 11) is 0.222. The number of aromatic nitrogens is 2. The molecule has 0 aliphatic carbocycles. The fourth-order valence-electron chi connectivity index (χ4n) is 4.15. The second-order valence-corrected chi connectivity index (χ2v) is 9.69. The summed E-state index contributed by atoms with van der Waals surface area (Å²) in [5, 5.41) is 3.16. The van der Waals surface area contributed by atoms with E-state index in [1.807, 2.05) is 7.05 Å². The number of piperidine rings is 1. The summed E-state index contributed by atoms with van der Waals surface area (Å²) in [6, 6.07) is 4.96. The van der Waals surface area contributed by atoms with Gasteiger partial charge in [-0.3, -0.25) is 0 Å². The Morgan fingerprint density at radius 1 is 1.17 bits per heavy atom. The molecule has 0 spiro atoms. The van der Waals surface area contributed by atoms with E-state index in [0.717, 1.165) is 48.8 Å². The molecule has 29 heavy (non-hydrogen) atoms. The Morgan fingerprint density at radius 2 is 1.93 bits per heavy atom. The summed E-state index contributed by atoms with van der Waals surface area (Å²) in [6.45, 7) is 2.52. The average molecular weight is 420 g/mol. The number of anilines is 1. The van der Waals surface area contributed by atoms with E-state index in [1.54, 1.807) is 0 Å². The van der Waals surface area contributed by atoms with E-state index in [1.165, 1.54) is 28.6 Å². The van der Waals surface area contributed by atoms with Gasteiger partial charge in [-0.2, -0.15) is 4.31 Å². The fraction of sp³-hybridized carbons (Fsp3) is 0.500. The predicted molar refractivity (Wildman–Crippen MR) is 109 cm³/mol. The van der Waals surface area contributed by atoms with Crippen molar-refractivity contribution in [2.75, 3.05) is 39.0 Å². The Bertz CT molecular complexity index is 997. The minimum absolute atomic E-state index is 0.0966. The van der Waals surface area contributed by atoms with Crippen LogP contribution in [0.1, 0.15) is 35.8 Å². The monoisotopic (exact) mass is 419 g/mol. The fourth-order valence-corrected chi connectivity index (χ4v) is 5.55. The molecule has 4 rings (SSSR count). The van der Waals surface area contributed by atoms with Crippen LogP contribution in [-0.4, -0.2) is 61.3 Å². The Balaban J connectivity index is 1.65. The number of benzene rings is 1. The standard InChI is InChI=1S/C20H26FN5O2S/c1-22-20-17-9-11-26(29(27,28)16-7-5-15(21)6-8-16)13-18(17)23-19(24-20)14-4-3-10-25(2)12-14/h5-8,14H,3-4,9-13H2,1-2H3,(H,22,23,24). The summed E-state index contributed by atoms with van der Waals surface area (Å²) >= 11 is 0. The zero-order valence-corrected chi connectivity index (χ0v) is 17.5. The molecule has 2 aromatic rings. The van der Waals surface area contributed by atoms with Crippen LogP contribution in [0.2, 0.25) is 0 Å². The molecule has 156 valence electrons. The number of hydrogen-bond donors (Lipinski definition) is 1. The molecule has 0 bridgehead atoms. The first kappa shape index (κ1) is 20.2. The lowest BCUT2D eigenvalue weighted by Gasteiger charge is -2.31. The number of halogens is 1. The molecule has 7 nitrogen and oxygen atoms in total. The van der Waals surface area contributed by atoms with Gasteiger partial charge in [-0.15, -0.1) is 0 Å². The highest BCUT2D eigenvalue weighted by atomic mass is 32.2. The maximum absolute atomic E-state index is 13.2. The van der Waals surface area contributed by atoms with Crippen LogP contribution < -0.4 is 5.32 Å². The van der Waals surface area contributed by atoms with E-state index in [-0.39, 0.29) is 17.4 Å². The number of rotatable bonds is 4. The number of likely N-dealkylation sites (N-methyl/N-ethyl adjacent to an activating group) is 1. The van der Waals surface area contributed by atoms with Crippen LogP contribution in [0.3, 0.4) is 0 Å². The topological polar surface area (TPSA) is 78.4 Å². The third-order valence-corrected chi connectivity index (χ3v) is 7.58. The van der Waals surface area contributed by atoms with E-state index in [9.17, 15) is 12.8 Å². The average Bonchev–Trinajstić information content (AvgIpc) is 2.72. The van der Waals surface area contributed by atoms with Gasteiger partial charge in [0.1, 0.15) is 17.5 Å². The smallest absolute Gasteiger partial charge is 0.243 e. The number of fused-ring (bicyclic) bond motifs is 1. The Labute approximate surface area is 171 Å². The van der Waals surface area contributed by atoms with Gasteiger partial charge in [0.05, 0.1) is 17.1 Å². The molecular weight excluding hydrogens is 393 g/mol. The van der Waals surface area contributed by atoms with Crippen LogP contribution in [0.5, 0.6) is 0 Å². The molecule has 1 N–H and O–H groups in total. The van der Waals surface area contributed by atoms with E-state index in [2.05, 4.69) is 17.3 Å². The van der Waals surface area contributed by atoms with Crippen molar-refractivity contribution >= 4 is 15.8 Å². The molecule has 0 amide bonds. The lowest BCUT2D eigenvalue weighted by molar-refractivity contribution is 0.245. The van der Waals surface area contributed by atoms with Crippen LogP contribution in [0.4, 0.5) is 10.2 Å². The minimum atomic E-state index is -3.71. The number of likely N-dealkylation sites (tertiary alicyclic amines) is 1. The summed E-state index contributed by atoms with van der Waals surface area (Å²) in [4.78, 5) is 11.9. The van der Waals surface area contributed by atoms with Crippen molar-refractivity contribution in [2.45, 2.75) is 36.6 Å².